The van der Waals surface area contributed by atoms with Gasteiger partial charge < -0.3 is 10.1 Å². The van der Waals surface area contributed by atoms with Gasteiger partial charge in [-0.05, 0) is 41.2 Å². The van der Waals surface area contributed by atoms with E-state index < -0.39 is 0 Å². The number of hydrogen-bond acceptors (Lipinski definition) is 6. The number of nitrogens with zero attached hydrogens (tertiary/aromatic N) is 3. The van der Waals surface area contributed by atoms with Crippen molar-refractivity contribution in [1.82, 2.24) is 14.6 Å². The fraction of sp³-hybridized carbons (Fsp3) is 0.333. The van der Waals surface area contributed by atoms with Gasteiger partial charge in [-0.25, -0.2) is 4.98 Å². The van der Waals surface area contributed by atoms with Crippen LogP contribution in [0.15, 0.2) is 59.4 Å². The van der Waals surface area contributed by atoms with Gasteiger partial charge >= 0.3 is 0 Å². The predicted molar refractivity (Wildman–Crippen MR) is 140 cm³/mol. The minimum absolute atomic E-state index is 0.0298. The van der Waals surface area contributed by atoms with Crippen molar-refractivity contribution in [3.63, 3.8) is 0 Å². The number of carbonyl (C=O) groups is 1. The van der Waals surface area contributed by atoms with Crippen LogP contribution in [0.3, 0.4) is 0 Å². The lowest BCUT2D eigenvalue weighted by Gasteiger charge is -2.19. The van der Waals surface area contributed by atoms with Gasteiger partial charge in [-0.3, -0.25) is 9.59 Å². The molecule has 0 radical (unpaired) electrons. The first kappa shape index (κ1) is 24.6. The van der Waals surface area contributed by atoms with Crippen LogP contribution in [0, 0.1) is 5.92 Å². The zero-order chi connectivity index (χ0) is 25.2. The molecule has 0 spiro atoms. The number of ether oxygens (including phenoxy) is 1. The summed E-state index contributed by atoms with van der Waals surface area (Å²) in [6, 6.07) is 16.2. The van der Waals surface area contributed by atoms with Gasteiger partial charge in [-0.15, -0.1) is 0 Å². The molecule has 0 bridgehead atoms. The summed E-state index contributed by atoms with van der Waals surface area (Å²) < 4.78 is 7.21. The zero-order valence-corrected chi connectivity index (χ0v) is 21.5. The van der Waals surface area contributed by atoms with E-state index in [1.807, 2.05) is 24.3 Å². The molecule has 8 heteroatoms. The number of aromatic nitrogens is 3. The van der Waals surface area contributed by atoms with E-state index in [1.54, 1.807) is 24.3 Å². The molecule has 0 aliphatic heterocycles. The number of rotatable bonds is 7. The average molecular weight is 491 g/mol. The van der Waals surface area contributed by atoms with Crippen molar-refractivity contribution in [3.05, 3.63) is 86.8 Å². The first-order valence-corrected chi connectivity index (χ1v) is 12.4. The fourth-order valence-corrected chi connectivity index (χ4v) is 4.68. The van der Waals surface area contributed by atoms with Crippen molar-refractivity contribution in [3.8, 4) is 5.75 Å². The van der Waals surface area contributed by atoms with Crippen LogP contribution < -0.4 is 15.6 Å². The summed E-state index contributed by atoms with van der Waals surface area (Å²) in [5, 5.41) is 8.17. The van der Waals surface area contributed by atoms with Crippen LogP contribution in [0.1, 0.15) is 61.2 Å². The molecule has 1 N–H and O–H groups in total. The van der Waals surface area contributed by atoms with Crippen LogP contribution in [-0.2, 0) is 18.4 Å². The Kier molecular flexibility index (Phi) is 7.03. The minimum Gasteiger partial charge on any atom is -0.487 e. The highest BCUT2D eigenvalue weighted by Crippen LogP contribution is 2.23. The molecule has 0 saturated heterocycles. The summed E-state index contributed by atoms with van der Waals surface area (Å²) >= 11 is 1.42. The zero-order valence-electron chi connectivity index (χ0n) is 20.7. The molecule has 1 amide bonds. The van der Waals surface area contributed by atoms with Crippen LogP contribution in [0.4, 0.5) is 5.69 Å². The molecule has 0 saturated carbocycles. The number of fused-ring (bicyclic) bond motifs is 1. The van der Waals surface area contributed by atoms with Gasteiger partial charge in [0.05, 0.1) is 5.69 Å². The van der Waals surface area contributed by atoms with Gasteiger partial charge in [0, 0.05) is 29.8 Å². The highest BCUT2D eigenvalue weighted by Gasteiger charge is 2.15. The molecule has 0 atom stereocenters. The smallest absolute Gasteiger partial charge is 0.275 e. The Morgan fingerprint density at radius 3 is 2.54 bits per heavy atom. The lowest BCUT2D eigenvalue weighted by molar-refractivity contribution is 0.102. The third-order valence-corrected chi connectivity index (χ3v) is 6.35. The van der Waals surface area contributed by atoms with E-state index in [9.17, 15) is 9.59 Å². The Morgan fingerprint density at radius 2 is 1.86 bits per heavy atom. The van der Waals surface area contributed by atoms with Gasteiger partial charge in [0.15, 0.2) is 0 Å². The number of amides is 1. The maximum Gasteiger partial charge on any atom is 0.275 e. The number of anilines is 1. The molecule has 0 aliphatic rings. The molecule has 35 heavy (non-hydrogen) atoms. The molecule has 0 unspecified atom stereocenters. The standard InChI is InChI=1S/C27H30N4O3S/c1-17(2)13-23-30-31-24(32)15-21(29-26(31)35-23)16-34-22-8-6-7-20(14-22)28-25(33)18-9-11-19(12-10-18)27(3,4)5/h6-12,14-15,17H,13,16H2,1-5H3,(H,28,33). The molecule has 4 rings (SSSR count). The summed E-state index contributed by atoms with van der Waals surface area (Å²) in [5.74, 6) is 0.826. The Labute approximate surface area is 208 Å². The third kappa shape index (κ3) is 6.14. The molecule has 4 aromatic rings. The van der Waals surface area contributed by atoms with E-state index in [0.29, 0.717) is 33.6 Å². The number of hydrogen-bond donors (Lipinski definition) is 1. The average Bonchev–Trinajstić information content (AvgIpc) is 3.20. The van der Waals surface area contributed by atoms with E-state index in [4.69, 9.17) is 4.74 Å². The summed E-state index contributed by atoms with van der Waals surface area (Å²) in [5.41, 5.74) is 2.72. The molecule has 2 aromatic heterocycles. The van der Waals surface area contributed by atoms with Crippen LogP contribution in [0.25, 0.3) is 4.96 Å². The second-order valence-corrected chi connectivity index (χ2v) is 11.0. The Balaban J connectivity index is 1.42. The number of carbonyl (C=O) groups excluding carboxylic acids is 1. The quantitative estimate of drug-likeness (QED) is 0.371. The van der Waals surface area contributed by atoms with Crippen LogP contribution >= 0.6 is 11.3 Å². The largest absolute Gasteiger partial charge is 0.487 e. The normalized spacial score (nSPS) is 11.7. The highest BCUT2D eigenvalue weighted by molar-refractivity contribution is 7.16. The lowest BCUT2D eigenvalue weighted by Crippen LogP contribution is -2.16. The first-order valence-electron chi connectivity index (χ1n) is 11.6. The highest BCUT2D eigenvalue weighted by atomic mass is 32.1. The maximum atomic E-state index is 12.7. The van der Waals surface area contributed by atoms with Crippen LogP contribution in [-0.4, -0.2) is 20.5 Å². The van der Waals surface area contributed by atoms with Crippen molar-refractivity contribution in [2.75, 3.05) is 5.32 Å². The van der Waals surface area contributed by atoms with Crippen molar-refractivity contribution in [1.29, 1.82) is 0 Å². The third-order valence-electron chi connectivity index (χ3n) is 5.41. The van der Waals surface area contributed by atoms with E-state index in [1.165, 1.54) is 27.5 Å². The van der Waals surface area contributed by atoms with Gasteiger partial charge in [0.25, 0.3) is 11.5 Å². The molecular weight excluding hydrogens is 460 g/mol. The second kappa shape index (κ2) is 10.00. The summed E-state index contributed by atoms with van der Waals surface area (Å²) in [6.45, 7) is 10.8. The van der Waals surface area contributed by atoms with Crippen LogP contribution in [0.5, 0.6) is 5.75 Å². The lowest BCUT2D eigenvalue weighted by atomic mass is 9.87. The van der Waals surface area contributed by atoms with Gasteiger partial charge in [-0.1, -0.05) is 64.2 Å². The van der Waals surface area contributed by atoms with Crippen molar-refractivity contribution < 1.29 is 9.53 Å². The molecule has 0 fully saturated rings. The molecule has 2 aromatic carbocycles. The fourth-order valence-electron chi connectivity index (χ4n) is 3.55. The van der Waals surface area contributed by atoms with Gasteiger partial charge in [-0.2, -0.15) is 9.61 Å². The summed E-state index contributed by atoms with van der Waals surface area (Å²) in [7, 11) is 0. The molecule has 7 nitrogen and oxygen atoms in total. The molecule has 182 valence electrons. The maximum absolute atomic E-state index is 12.7. The molecule has 2 heterocycles. The Hall–Kier alpha value is -3.52. The van der Waals surface area contributed by atoms with Gasteiger partial charge in [0.2, 0.25) is 4.96 Å². The van der Waals surface area contributed by atoms with E-state index in [0.717, 1.165) is 11.4 Å². The van der Waals surface area contributed by atoms with E-state index in [-0.39, 0.29) is 23.5 Å². The first-order chi connectivity index (χ1) is 16.6. The Morgan fingerprint density at radius 1 is 1.11 bits per heavy atom. The van der Waals surface area contributed by atoms with Crippen molar-refractivity contribution >= 4 is 27.9 Å². The number of nitrogens with one attached hydrogen (secondary N) is 1. The van der Waals surface area contributed by atoms with Crippen molar-refractivity contribution in [2.24, 2.45) is 5.92 Å². The molecular formula is C27H30N4O3S. The van der Waals surface area contributed by atoms with E-state index in [2.05, 4.69) is 50.0 Å². The SMILES string of the molecule is CC(C)Cc1nn2c(=O)cc(COc3cccc(NC(=O)c4ccc(C(C)(C)C)cc4)c3)nc2s1. The minimum atomic E-state index is -0.224. The monoisotopic (exact) mass is 490 g/mol. The Bertz CT molecular complexity index is 1400. The van der Waals surface area contributed by atoms with Gasteiger partial charge in [0.1, 0.15) is 17.4 Å². The predicted octanol–water partition coefficient (Wildman–Crippen LogP) is 5.48. The van der Waals surface area contributed by atoms with Crippen molar-refractivity contribution in [2.45, 2.75) is 53.1 Å². The topological polar surface area (TPSA) is 85.6 Å². The second-order valence-electron chi connectivity index (χ2n) is 9.97. The van der Waals surface area contributed by atoms with E-state index >= 15 is 0 Å². The number of benzene rings is 2. The summed E-state index contributed by atoms with van der Waals surface area (Å²) in [6.07, 6.45) is 0.804. The molecule has 0 aliphatic carbocycles. The van der Waals surface area contributed by atoms with Crippen LogP contribution in [0.2, 0.25) is 0 Å². The summed E-state index contributed by atoms with van der Waals surface area (Å²) in [4.78, 5) is 30.3.